The molecule has 0 saturated carbocycles. The van der Waals surface area contributed by atoms with Crippen LogP contribution in [-0.2, 0) is 4.79 Å². The fraction of sp³-hybridized carbons (Fsp3) is 0.417. The van der Waals surface area contributed by atoms with Crippen LogP contribution in [0, 0.1) is 15.9 Å². The summed E-state index contributed by atoms with van der Waals surface area (Å²) in [7, 11) is 0. The van der Waals surface area contributed by atoms with Crippen molar-refractivity contribution in [2.45, 2.75) is 26.3 Å². The third kappa shape index (κ3) is 4.63. The fourth-order valence-corrected chi connectivity index (χ4v) is 1.37. The van der Waals surface area contributed by atoms with Crippen LogP contribution >= 0.6 is 0 Å². The molecule has 1 aromatic rings. The van der Waals surface area contributed by atoms with Gasteiger partial charge >= 0.3 is 0 Å². The van der Waals surface area contributed by atoms with Crippen LogP contribution < -0.4 is 10.6 Å². The third-order valence-electron chi connectivity index (χ3n) is 2.65. The summed E-state index contributed by atoms with van der Waals surface area (Å²) >= 11 is 0. The number of carbonyl (C=O) groups excluding carboxylic acids is 1. The van der Waals surface area contributed by atoms with Gasteiger partial charge in [0.15, 0.2) is 0 Å². The first-order valence-corrected chi connectivity index (χ1v) is 5.91. The van der Waals surface area contributed by atoms with E-state index in [4.69, 9.17) is 0 Å². The van der Waals surface area contributed by atoms with Crippen molar-refractivity contribution in [3.05, 3.63) is 34.1 Å². The highest BCUT2D eigenvalue weighted by molar-refractivity contribution is 5.94. The summed E-state index contributed by atoms with van der Waals surface area (Å²) in [6.45, 7) is 3.94. The number of rotatable bonds is 6. The predicted octanol–water partition coefficient (Wildman–Crippen LogP) is 2.06. The molecule has 19 heavy (non-hydrogen) atoms. The van der Waals surface area contributed by atoms with Crippen LogP contribution in [0.2, 0.25) is 0 Å². The van der Waals surface area contributed by atoms with Gasteiger partial charge in [-0.05, 0) is 25.5 Å². The van der Waals surface area contributed by atoms with Crippen LogP contribution in [0.1, 0.15) is 20.3 Å². The summed E-state index contributed by atoms with van der Waals surface area (Å²) in [5.74, 6) is -1.13. The molecule has 0 bridgehead atoms. The minimum atomic E-state index is -0.735. The normalized spacial score (nSPS) is 11.9. The summed E-state index contributed by atoms with van der Waals surface area (Å²) in [6, 6.07) is 3.19. The fourth-order valence-electron chi connectivity index (χ4n) is 1.37. The van der Waals surface area contributed by atoms with Crippen LogP contribution in [0.5, 0.6) is 0 Å². The first kappa shape index (κ1) is 15.0. The van der Waals surface area contributed by atoms with Crippen molar-refractivity contribution < 1.29 is 14.1 Å². The summed E-state index contributed by atoms with van der Waals surface area (Å²) in [4.78, 5) is 21.6. The number of halogens is 1. The molecule has 1 aromatic carbocycles. The lowest BCUT2D eigenvalue weighted by Gasteiger charge is -2.11. The van der Waals surface area contributed by atoms with E-state index in [9.17, 15) is 19.3 Å². The Morgan fingerprint density at radius 1 is 1.53 bits per heavy atom. The maximum Gasteiger partial charge on any atom is 0.295 e. The molecule has 104 valence electrons. The largest absolute Gasteiger partial charge is 0.319 e. The highest BCUT2D eigenvalue weighted by Crippen LogP contribution is 2.24. The lowest BCUT2D eigenvalue weighted by Crippen LogP contribution is -2.34. The number of nitrogens with one attached hydrogen (secondary N) is 2. The zero-order valence-corrected chi connectivity index (χ0v) is 10.8. The van der Waals surface area contributed by atoms with Crippen molar-refractivity contribution in [2.24, 2.45) is 0 Å². The molecule has 6 nitrogen and oxygen atoms in total. The standard InChI is InChI=1S/C12H16FN3O3/c1-3-8(2)14-7-12(17)15-10-5-4-9(13)6-11(10)16(18)19/h4-6,8,14H,3,7H2,1-2H3,(H,15,17). The van der Waals surface area contributed by atoms with Gasteiger partial charge in [0.25, 0.3) is 5.69 Å². The van der Waals surface area contributed by atoms with Gasteiger partial charge in [0.05, 0.1) is 17.5 Å². The first-order valence-electron chi connectivity index (χ1n) is 5.91. The Hall–Kier alpha value is -2.02. The van der Waals surface area contributed by atoms with Crippen LogP contribution in [-0.4, -0.2) is 23.4 Å². The van der Waals surface area contributed by atoms with Gasteiger partial charge in [0.1, 0.15) is 11.5 Å². The van der Waals surface area contributed by atoms with Crippen LogP contribution in [0.25, 0.3) is 0 Å². The molecule has 1 rings (SSSR count). The Kier molecular flexibility index (Phi) is 5.37. The minimum Gasteiger partial charge on any atom is -0.319 e. The van der Waals surface area contributed by atoms with Gasteiger partial charge in [0, 0.05) is 6.04 Å². The molecule has 0 fully saturated rings. The minimum absolute atomic E-state index is 0.0117. The molecule has 0 spiro atoms. The lowest BCUT2D eigenvalue weighted by atomic mass is 10.2. The Balaban J connectivity index is 2.71. The van der Waals surface area contributed by atoms with Gasteiger partial charge in [-0.2, -0.15) is 0 Å². The van der Waals surface area contributed by atoms with E-state index in [1.54, 1.807) is 0 Å². The van der Waals surface area contributed by atoms with Crippen LogP contribution in [0.4, 0.5) is 15.8 Å². The highest BCUT2D eigenvalue weighted by Gasteiger charge is 2.16. The van der Waals surface area contributed by atoms with Crippen molar-refractivity contribution in [3.8, 4) is 0 Å². The van der Waals surface area contributed by atoms with Gasteiger partial charge in [-0.1, -0.05) is 6.92 Å². The molecule has 0 radical (unpaired) electrons. The Morgan fingerprint density at radius 3 is 2.79 bits per heavy atom. The van der Waals surface area contributed by atoms with Gasteiger partial charge in [-0.15, -0.1) is 0 Å². The van der Waals surface area contributed by atoms with E-state index in [2.05, 4.69) is 10.6 Å². The second kappa shape index (κ2) is 6.79. The van der Waals surface area contributed by atoms with E-state index in [0.717, 1.165) is 18.6 Å². The van der Waals surface area contributed by atoms with E-state index >= 15 is 0 Å². The van der Waals surface area contributed by atoms with Crippen molar-refractivity contribution in [1.29, 1.82) is 0 Å². The molecule has 2 N–H and O–H groups in total. The Morgan fingerprint density at radius 2 is 2.21 bits per heavy atom. The molecule has 1 atom stereocenters. The topological polar surface area (TPSA) is 84.3 Å². The molecule has 1 unspecified atom stereocenters. The third-order valence-corrected chi connectivity index (χ3v) is 2.65. The lowest BCUT2D eigenvalue weighted by molar-refractivity contribution is -0.384. The molecule has 0 saturated heterocycles. The number of anilines is 1. The number of amides is 1. The van der Waals surface area contributed by atoms with E-state index in [1.807, 2.05) is 13.8 Å². The smallest absolute Gasteiger partial charge is 0.295 e. The number of nitro benzene ring substituents is 1. The number of carbonyl (C=O) groups is 1. The van der Waals surface area contributed by atoms with Gasteiger partial charge in [-0.3, -0.25) is 14.9 Å². The second-order valence-electron chi connectivity index (χ2n) is 4.16. The molecule has 1 amide bonds. The quantitative estimate of drug-likeness (QED) is 0.611. The Bertz CT molecular complexity index is 479. The zero-order chi connectivity index (χ0) is 14.4. The maximum absolute atomic E-state index is 12.9. The SMILES string of the molecule is CCC(C)NCC(=O)Nc1ccc(F)cc1[N+](=O)[O-]. The zero-order valence-electron chi connectivity index (χ0n) is 10.8. The average Bonchev–Trinajstić information content (AvgIpc) is 2.37. The molecule has 0 aliphatic rings. The van der Waals surface area contributed by atoms with Gasteiger partial charge in [-0.25, -0.2) is 4.39 Å². The second-order valence-corrected chi connectivity index (χ2v) is 4.16. The Labute approximate surface area is 110 Å². The first-order chi connectivity index (χ1) is 8.93. The molecule has 0 aliphatic carbocycles. The summed E-state index contributed by atoms with van der Waals surface area (Å²) in [6.07, 6.45) is 0.865. The van der Waals surface area contributed by atoms with E-state index in [1.165, 1.54) is 6.07 Å². The number of hydrogen-bond donors (Lipinski definition) is 2. The predicted molar refractivity (Wildman–Crippen MR) is 69.4 cm³/mol. The van der Waals surface area contributed by atoms with Crippen molar-refractivity contribution in [1.82, 2.24) is 5.32 Å². The number of hydrogen-bond acceptors (Lipinski definition) is 4. The van der Waals surface area contributed by atoms with E-state index in [-0.39, 0.29) is 18.3 Å². The van der Waals surface area contributed by atoms with E-state index in [0.29, 0.717) is 0 Å². The van der Waals surface area contributed by atoms with Crippen LogP contribution in [0.3, 0.4) is 0 Å². The monoisotopic (exact) mass is 269 g/mol. The molecule has 0 aromatic heterocycles. The average molecular weight is 269 g/mol. The van der Waals surface area contributed by atoms with Crippen molar-refractivity contribution in [3.63, 3.8) is 0 Å². The van der Waals surface area contributed by atoms with Crippen molar-refractivity contribution >= 4 is 17.3 Å². The van der Waals surface area contributed by atoms with Crippen molar-refractivity contribution in [2.75, 3.05) is 11.9 Å². The van der Waals surface area contributed by atoms with Gasteiger partial charge in [0.2, 0.25) is 5.91 Å². The molecular formula is C12H16FN3O3. The van der Waals surface area contributed by atoms with Crippen LogP contribution in [0.15, 0.2) is 18.2 Å². The summed E-state index contributed by atoms with van der Waals surface area (Å²) in [5.41, 5.74) is -0.473. The summed E-state index contributed by atoms with van der Waals surface area (Å²) in [5, 5.41) is 16.1. The maximum atomic E-state index is 12.9. The van der Waals surface area contributed by atoms with E-state index < -0.39 is 22.3 Å². The molecule has 0 heterocycles. The number of benzene rings is 1. The number of nitrogens with zero attached hydrogens (tertiary/aromatic N) is 1. The highest BCUT2D eigenvalue weighted by atomic mass is 19.1. The number of nitro groups is 1. The molecular weight excluding hydrogens is 253 g/mol. The van der Waals surface area contributed by atoms with Gasteiger partial charge < -0.3 is 10.6 Å². The summed E-state index contributed by atoms with van der Waals surface area (Å²) < 4.78 is 12.9. The molecule has 0 aliphatic heterocycles. The molecule has 7 heteroatoms.